The van der Waals surface area contributed by atoms with E-state index in [0.29, 0.717) is 22.3 Å². The van der Waals surface area contributed by atoms with Crippen LogP contribution in [-0.4, -0.2) is 28.9 Å². The van der Waals surface area contributed by atoms with Crippen molar-refractivity contribution in [3.05, 3.63) is 101 Å². The number of nitrogens with zero attached hydrogens (tertiary/aromatic N) is 2. The lowest BCUT2D eigenvalue weighted by molar-refractivity contribution is 0.0916. The fourth-order valence-electron chi connectivity index (χ4n) is 4.31. The van der Waals surface area contributed by atoms with Gasteiger partial charge in [-0.2, -0.15) is 8.42 Å². The normalized spacial score (nSPS) is 12.4. The molecule has 0 fully saturated rings. The van der Waals surface area contributed by atoms with Gasteiger partial charge in [-0.3, -0.25) is 9.36 Å². The number of benzene rings is 3. The molecule has 1 unspecified atom stereocenters. The third-order valence-electron chi connectivity index (χ3n) is 6.69. The van der Waals surface area contributed by atoms with E-state index in [9.17, 15) is 18.3 Å². The number of aromatic nitrogens is 2. The highest BCUT2D eigenvalue weighted by molar-refractivity contribution is 7.87. The molecule has 192 valence electrons. The summed E-state index contributed by atoms with van der Waals surface area (Å²) in [6.07, 6.45) is 3.49. The van der Waals surface area contributed by atoms with Crippen LogP contribution in [0.15, 0.2) is 71.9 Å². The molecule has 1 atom stereocenters. The number of rotatable bonds is 8. The van der Waals surface area contributed by atoms with E-state index >= 15 is 0 Å². The van der Waals surface area contributed by atoms with E-state index in [1.807, 2.05) is 37.3 Å². The molecule has 0 saturated heterocycles. The Morgan fingerprint density at radius 3 is 2.27 bits per heavy atom. The number of aromatic hydroxyl groups is 1. The highest BCUT2D eigenvalue weighted by Crippen LogP contribution is 2.39. The summed E-state index contributed by atoms with van der Waals surface area (Å²) in [5.74, 6) is -0.255. The van der Waals surface area contributed by atoms with Crippen LogP contribution in [0.4, 0.5) is 0 Å². The zero-order valence-electron chi connectivity index (χ0n) is 21.5. The Kier molecular flexibility index (Phi) is 7.23. The van der Waals surface area contributed by atoms with E-state index in [2.05, 4.69) is 4.98 Å². The maximum atomic E-state index is 13.4. The maximum Gasteiger partial charge on any atom is 0.339 e. The minimum absolute atomic E-state index is 0.0288. The lowest BCUT2D eigenvalue weighted by Crippen LogP contribution is -2.20. The van der Waals surface area contributed by atoms with Gasteiger partial charge in [0, 0.05) is 35.1 Å². The van der Waals surface area contributed by atoms with Crippen LogP contribution in [-0.2, 0) is 16.5 Å². The predicted molar refractivity (Wildman–Crippen MR) is 142 cm³/mol. The molecule has 0 bridgehead atoms. The van der Waals surface area contributed by atoms with Gasteiger partial charge in [0.2, 0.25) is 5.78 Å². The van der Waals surface area contributed by atoms with Crippen LogP contribution in [0.5, 0.6) is 11.5 Å². The molecular weight excluding hydrogens is 488 g/mol. The molecule has 37 heavy (non-hydrogen) atoms. The van der Waals surface area contributed by atoms with E-state index in [1.54, 1.807) is 56.8 Å². The van der Waals surface area contributed by atoms with E-state index in [0.717, 1.165) is 11.3 Å². The van der Waals surface area contributed by atoms with Gasteiger partial charge in [-0.1, -0.05) is 42.8 Å². The molecule has 0 saturated carbocycles. The average Bonchev–Trinajstić information content (AvgIpc) is 3.38. The smallest absolute Gasteiger partial charge is 0.339 e. The first-order valence-corrected chi connectivity index (χ1v) is 13.4. The van der Waals surface area contributed by atoms with Gasteiger partial charge < -0.3 is 9.29 Å². The van der Waals surface area contributed by atoms with Crippen molar-refractivity contribution in [2.75, 3.05) is 0 Å². The minimum Gasteiger partial charge on any atom is -0.507 e. The van der Waals surface area contributed by atoms with Gasteiger partial charge in [-0.25, -0.2) is 4.98 Å². The van der Waals surface area contributed by atoms with Crippen molar-refractivity contribution < 1.29 is 22.5 Å². The Morgan fingerprint density at radius 1 is 0.973 bits per heavy atom. The number of hydrogen-bond donors (Lipinski definition) is 1. The van der Waals surface area contributed by atoms with Gasteiger partial charge in [-0.15, -0.1) is 0 Å². The summed E-state index contributed by atoms with van der Waals surface area (Å²) in [4.78, 5) is 17.7. The SMILES string of the molecule is Cc1ccc(S(=O)(=O)Oc2c(C)c(C)c(O)c(CC(C)C(=O)c3nccn3-c3ccccc3)c2C)cc1. The number of phenolic OH excluding ortho intramolecular Hbond substituents is 1. The largest absolute Gasteiger partial charge is 0.507 e. The Bertz CT molecular complexity index is 1560. The molecule has 7 nitrogen and oxygen atoms in total. The van der Waals surface area contributed by atoms with Gasteiger partial charge in [0.15, 0.2) is 5.82 Å². The zero-order chi connectivity index (χ0) is 26.9. The number of para-hydroxylation sites is 1. The van der Waals surface area contributed by atoms with Crippen molar-refractivity contribution in [1.82, 2.24) is 9.55 Å². The third kappa shape index (κ3) is 5.15. The first kappa shape index (κ1) is 26.2. The Hall–Kier alpha value is -3.91. The molecule has 8 heteroatoms. The highest BCUT2D eigenvalue weighted by atomic mass is 32.2. The first-order chi connectivity index (χ1) is 17.5. The van der Waals surface area contributed by atoms with Crippen LogP contribution >= 0.6 is 0 Å². The van der Waals surface area contributed by atoms with E-state index < -0.39 is 16.0 Å². The van der Waals surface area contributed by atoms with Crippen LogP contribution in [0.3, 0.4) is 0 Å². The average molecular weight is 519 g/mol. The molecule has 4 aromatic rings. The van der Waals surface area contributed by atoms with Gasteiger partial charge in [0.25, 0.3) is 0 Å². The first-order valence-electron chi connectivity index (χ1n) is 12.0. The summed E-state index contributed by atoms with van der Waals surface area (Å²) in [6, 6.07) is 15.9. The van der Waals surface area contributed by atoms with Gasteiger partial charge in [0.05, 0.1) is 0 Å². The lowest BCUT2D eigenvalue weighted by atomic mass is 9.89. The van der Waals surface area contributed by atoms with Crippen molar-refractivity contribution in [1.29, 1.82) is 0 Å². The summed E-state index contributed by atoms with van der Waals surface area (Å²) in [5.41, 5.74) is 3.71. The molecular formula is C29H30N2O5S. The maximum absolute atomic E-state index is 13.4. The Labute approximate surface area is 217 Å². The second-order valence-electron chi connectivity index (χ2n) is 9.31. The van der Waals surface area contributed by atoms with Gasteiger partial charge in [0.1, 0.15) is 16.4 Å². The van der Waals surface area contributed by atoms with Gasteiger partial charge in [-0.05, 0) is 69.5 Å². The topological polar surface area (TPSA) is 98.5 Å². The summed E-state index contributed by atoms with van der Waals surface area (Å²) < 4.78 is 33.4. The lowest BCUT2D eigenvalue weighted by Gasteiger charge is -2.21. The van der Waals surface area contributed by atoms with Crippen molar-refractivity contribution >= 4 is 15.9 Å². The van der Waals surface area contributed by atoms with Crippen molar-refractivity contribution in [3.63, 3.8) is 0 Å². The number of carbonyl (C=O) groups excluding carboxylic acids is 1. The predicted octanol–water partition coefficient (Wildman–Crippen LogP) is 5.64. The molecule has 1 N–H and O–H groups in total. The molecule has 4 rings (SSSR count). The Balaban J connectivity index is 1.67. The zero-order valence-corrected chi connectivity index (χ0v) is 22.3. The minimum atomic E-state index is -4.10. The number of ketones is 1. The fourth-order valence-corrected chi connectivity index (χ4v) is 5.34. The van der Waals surface area contributed by atoms with Crippen LogP contribution in [0.1, 0.15) is 45.4 Å². The second-order valence-corrected chi connectivity index (χ2v) is 10.9. The Morgan fingerprint density at radius 2 is 1.62 bits per heavy atom. The van der Waals surface area contributed by atoms with Crippen molar-refractivity contribution in [3.8, 4) is 17.2 Å². The number of imidazole rings is 1. The molecule has 0 aliphatic rings. The van der Waals surface area contributed by atoms with Crippen molar-refractivity contribution in [2.24, 2.45) is 5.92 Å². The number of aryl methyl sites for hydroxylation is 1. The van der Waals surface area contributed by atoms with Crippen LogP contribution in [0.25, 0.3) is 5.69 Å². The molecule has 0 aliphatic heterocycles. The van der Waals surface area contributed by atoms with Crippen LogP contribution in [0.2, 0.25) is 0 Å². The number of phenols is 1. The number of Topliss-reactive ketones (excluding diaryl/α,β-unsaturated/α-hetero) is 1. The summed E-state index contributed by atoms with van der Waals surface area (Å²) in [7, 11) is -4.10. The quantitative estimate of drug-likeness (QED) is 0.239. The molecule has 0 aliphatic carbocycles. The molecule has 1 heterocycles. The van der Waals surface area contributed by atoms with Gasteiger partial charge >= 0.3 is 10.1 Å². The monoisotopic (exact) mass is 518 g/mol. The molecule has 0 spiro atoms. The standard InChI is InChI=1S/C29H30N2O5S/c1-18-11-13-24(14-12-18)37(34,35)36-28-21(4)20(3)27(33)25(22(28)5)17-19(2)26(32)29-30-15-16-31(29)23-9-7-6-8-10-23/h6-16,19,33H,17H2,1-5H3. The molecule has 3 aromatic carbocycles. The van der Waals surface area contributed by atoms with E-state index in [4.69, 9.17) is 4.18 Å². The number of carbonyl (C=O) groups is 1. The molecule has 1 aromatic heterocycles. The van der Waals surface area contributed by atoms with E-state index in [1.165, 1.54) is 12.1 Å². The summed E-state index contributed by atoms with van der Waals surface area (Å²) in [6.45, 7) is 8.74. The van der Waals surface area contributed by atoms with Crippen LogP contribution < -0.4 is 4.18 Å². The fraction of sp³-hybridized carbons (Fsp3) is 0.241. The molecule has 0 amide bonds. The third-order valence-corrected chi connectivity index (χ3v) is 7.93. The number of hydrogen-bond acceptors (Lipinski definition) is 6. The molecule has 0 radical (unpaired) electrons. The summed E-state index contributed by atoms with van der Waals surface area (Å²) >= 11 is 0. The summed E-state index contributed by atoms with van der Waals surface area (Å²) in [5, 5.41) is 11.0. The van der Waals surface area contributed by atoms with E-state index in [-0.39, 0.29) is 34.4 Å². The second kappa shape index (κ2) is 10.2. The van der Waals surface area contributed by atoms with Crippen LogP contribution in [0, 0.1) is 33.6 Å². The highest BCUT2D eigenvalue weighted by Gasteiger charge is 2.27. The van der Waals surface area contributed by atoms with Crippen molar-refractivity contribution in [2.45, 2.75) is 45.9 Å².